The van der Waals surface area contributed by atoms with Gasteiger partial charge in [0.25, 0.3) is 0 Å². The Kier molecular flexibility index (Phi) is 8.81. The first-order valence-corrected chi connectivity index (χ1v) is 10.7. The third-order valence-corrected chi connectivity index (χ3v) is 5.05. The summed E-state index contributed by atoms with van der Waals surface area (Å²) in [6.07, 6.45) is -0.238. The molecule has 1 atom stereocenters. The van der Waals surface area contributed by atoms with Crippen molar-refractivity contribution >= 4 is 17.4 Å². The van der Waals surface area contributed by atoms with Gasteiger partial charge >= 0.3 is 5.97 Å². The Morgan fingerprint density at radius 1 is 1.03 bits per heavy atom. The standard InChI is InChI=1S/C27H23N3O5/c1-29-23-9-5-21(6-10-23)26(30-33-2)18-35-24-11-3-19(4-12-24)17-34-25-13-7-20(8-14-25)22(16-28)15-27(31)32/h3-14,22H,15,17-18H2,2H3,(H,31,32)/b30-26-. The Labute approximate surface area is 203 Å². The lowest BCUT2D eigenvalue weighted by atomic mass is 9.97. The van der Waals surface area contributed by atoms with Gasteiger partial charge in [-0.2, -0.15) is 5.26 Å². The highest BCUT2D eigenvalue weighted by molar-refractivity contribution is 6.01. The molecule has 0 aromatic heterocycles. The number of ether oxygens (including phenoxy) is 2. The van der Waals surface area contributed by atoms with Crippen LogP contribution in [0.25, 0.3) is 4.85 Å². The average molecular weight is 469 g/mol. The van der Waals surface area contributed by atoms with Crippen molar-refractivity contribution in [2.24, 2.45) is 5.16 Å². The molecular formula is C27H23N3O5. The molecule has 35 heavy (non-hydrogen) atoms. The van der Waals surface area contributed by atoms with Gasteiger partial charge in [0.15, 0.2) is 5.69 Å². The highest BCUT2D eigenvalue weighted by Crippen LogP contribution is 2.23. The molecule has 0 saturated heterocycles. The molecule has 0 spiro atoms. The number of nitriles is 1. The van der Waals surface area contributed by atoms with E-state index in [1.165, 1.54) is 7.11 Å². The van der Waals surface area contributed by atoms with Crippen LogP contribution in [0.2, 0.25) is 0 Å². The maximum Gasteiger partial charge on any atom is 0.305 e. The average Bonchev–Trinajstić information content (AvgIpc) is 2.89. The molecule has 1 unspecified atom stereocenters. The van der Waals surface area contributed by atoms with E-state index in [2.05, 4.69) is 10.0 Å². The topological polar surface area (TPSA) is 106 Å². The Hall–Kier alpha value is -4.82. The molecule has 0 fully saturated rings. The van der Waals surface area contributed by atoms with E-state index in [9.17, 15) is 4.79 Å². The van der Waals surface area contributed by atoms with Crippen molar-refractivity contribution in [3.63, 3.8) is 0 Å². The second kappa shape index (κ2) is 12.4. The highest BCUT2D eigenvalue weighted by Gasteiger charge is 2.14. The van der Waals surface area contributed by atoms with Crippen LogP contribution in [-0.4, -0.2) is 30.5 Å². The van der Waals surface area contributed by atoms with Gasteiger partial charge in [0.1, 0.15) is 37.5 Å². The number of carboxylic acids is 1. The van der Waals surface area contributed by atoms with Crippen LogP contribution in [0.3, 0.4) is 0 Å². The zero-order chi connectivity index (χ0) is 25.0. The summed E-state index contributed by atoms with van der Waals surface area (Å²) in [5.41, 5.74) is 3.52. The number of benzene rings is 3. The minimum atomic E-state index is -1.01. The van der Waals surface area contributed by atoms with Crippen molar-refractivity contribution < 1.29 is 24.2 Å². The van der Waals surface area contributed by atoms with Crippen LogP contribution < -0.4 is 9.47 Å². The van der Waals surface area contributed by atoms with Crippen molar-refractivity contribution in [1.82, 2.24) is 0 Å². The van der Waals surface area contributed by atoms with Gasteiger partial charge in [-0.25, -0.2) is 4.85 Å². The van der Waals surface area contributed by atoms with Crippen LogP contribution in [0.1, 0.15) is 29.0 Å². The third kappa shape index (κ3) is 7.34. The summed E-state index contributed by atoms with van der Waals surface area (Å²) in [7, 11) is 1.47. The van der Waals surface area contributed by atoms with Crippen molar-refractivity contribution in [1.29, 1.82) is 5.26 Å². The molecule has 0 saturated carbocycles. The normalized spacial score (nSPS) is 11.6. The molecule has 0 heterocycles. The zero-order valence-electron chi connectivity index (χ0n) is 19.0. The van der Waals surface area contributed by atoms with E-state index in [1.54, 1.807) is 48.5 Å². The van der Waals surface area contributed by atoms with Gasteiger partial charge in [-0.15, -0.1) is 0 Å². The fourth-order valence-electron chi connectivity index (χ4n) is 3.21. The van der Waals surface area contributed by atoms with E-state index in [4.69, 9.17) is 31.3 Å². The summed E-state index contributed by atoms with van der Waals surface area (Å²) in [5.74, 6) is -0.435. The van der Waals surface area contributed by atoms with Crippen LogP contribution in [-0.2, 0) is 16.2 Å². The van der Waals surface area contributed by atoms with E-state index >= 15 is 0 Å². The maximum absolute atomic E-state index is 10.9. The lowest BCUT2D eigenvalue weighted by Gasteiger charge is -2.11. The second-order valence-electron chi connectivity index (χ2n) is 7.45. The highest BCUT2D eigenvalue weighted by atomic mass is 16.6. The summed E-state index contributed by atoms with van der Waals surface area (Å²) in [5, 5.41) is 22.1. The Bertz CT molecular complexity index is 1240. The van der Waals surface area contributed by atoms with Gasteiger partial charge in [-0.05, 0) is 35.4 Å². The van der Waals surface area contributed by atoms with E-state index < -0.39 is 11.9 Å². The molecule has 0 aliphatic carbocycles. The molecule has 3 aromatic rings. The number of carboxylic acid groups (broad SMARTS) is 1. The number of nitrogens with zero attached hydrogens (tertiary/aromatic N) is 3. The molecule has 0 amide bonds. The minimum Gasteiger partial charge on any atom is -0.489 e. The molecule has 0 radical (unpaired) electrons. The van der Waals surface area contributed by atoms with Crippen molar-refractivity contribution in [3.05, 3.63) is 101 Å². The first-order chi connectivity index (χ1) is 17.0. The number of hydrogen-bond donors (Lipinski definition) is 1. The quantitative estimate of drug-likeness (QED) is 0.231. The minimum absolute atomic E-state index is 0.193. The summed E-state index contributed by atoms with van der Waals surface area (Å²) in [4.78, 5) is 19.2. The number of oxime groups is 1. The molecule has 0 aliphatic rings. The van der Waals surface area contributed by atoms with Gasteiger partial charge < -0.3 is 19.4 Å². The van der Waals surface area contributed by atoms with Crippen LogP contribution in [0, 0.1) is 17.9 Å². The Morgan fingerprint density at radius 2 is 1.66 bits per heavy atom. The second-order valence-corrected chi connectivity index (χ2v) is 7.45. The first kappa shape index (κ1) is 24.8. The third-order valence-electron chi connectivity index (χ3n) is 5.05. The summed E-state index contributed by atoms with van der Waals surface area (Å²) in [6, 6.07) is 23.3. The van der Waals surface area contributed by atoms with Crippen molar-refractivity contribution in [3.8, 4) is 17.6 Å². The Balaban J connectivity index is 1.54. The summed E-state index contributed by atoms with van der Waals surface area (Å²) >= 11 is 0. The molecular weight excluding hydrogens is 446 g/mol. The van der Waals surface area contributed by atoms with Gasteiger partial charge in [0, 0.05) is 5.56 Å². The fourth-order valence-corrected chi connectivity index (χ4v) is 3.21. The smallest absolute Gasteiger partial charge is 0.305 e. The Morgan fingerprint density at radius 3 is 2.23 bits per heavy atom. The number of rotatable bonds is 11. The molecule has 8 heteroatoms. The zero-order valence-corrected chi connectivity index (χ0v) is 19.0. The lowest BCUT2D eigenvalue weighted by molar-refractivity contribution is -0.137. The van der Waals surface area contributed by atoms with Crippen LogP contribution >= 0.6 is 0 Å². The predicted octanol–water partition coefficient (Wildman–Crippen LogP) is 5.33. The maximum atomic E-state index is 10.9. The van der Waals surface area contributed by atoms with E-state index in [1.807, 2.05) is 30.3 Å². The molecule has 1 N–H and O–H groups in total. The molecule has 8 nitrogen and oxygen atoms in total. The predicted molar refractivity (Wildman–Crippen MR) is 130 cm³/mol. The van der Waals surface area contributed by atoms with Crippen molar-refractivity contribution in [2.75, 3.05) is 13.7 Å². The van der Waals surface area contributed by atoms with E-state index in [-0.39, 0.29) is 13.0 Å². The lowest BCUT2D eigenvalue weighted by Crippen LogP contribution is -2.13. The van der Waals surface area contributed by atoms with Crippen LogP contribution in [0.5, 0.6) is 11.5 Å². The van der Waals surface area contributed by atoms with E-state index in [0.717, 1.165) is 11.1 Å². The van der Waals surface area contributed by atoms with Gasteiger partial charge in [0.2, 0.25) is 0 Å². The SMILES string of the molecule is [C-]#[N+]c1ccc(/C(COc2ccc(COc3ccc(C(C#N)CC(=O)O)cc3)cc2)=N\OC)cc1. The number of aliphatic carboxylic acids is 1. The monoisotopic (exact) mass is 469 g/mol. The number of hydrogen-bond acceptors (Lipinski definition) is 6. The summed E-state index contributed by atoms with van der Waals surface area (Å²) < 4.78 is 11.6. The summed E-state index contributed by atoms with van der Waals surface area (Å²) in [6.45, 7) is 7.58. The first-order valence-electron chi connectivity index (χ1n) is 10.7. The van der Waals surface area contributed by atoms with Gasteiger partial charge in [0.05, 0.1) is 25.0 Å². The van der Waals surface area contributed by atoms with Crippen LogP contribution in [0.15, 0.2) is 78.0 Å². The van der Waals surface area contributed by atoms with E-state index in [0.29, 0.717) is 35.1 Å². The van der Waals surface area contributed by atoms with Crippen molar-refractivity contribution in [2.45, 2.75) is 18.9 Å². The molecule has 3 aromatic carbocycles. The number of carbonyl (C=O) groups is 1. The van der Waals surface area contributed by atoms with Gasteiger partial charge in [-0.3, -0.25) is 4.79 Å². The molecule has 3 rings (SSSR count). The molecule has 0 aliphatic heterocycles. The van der Waals surface area contributed by atoms with Gasteiger partial charge in [-0.1, -0.05) is 53.7 Å². The molecule has 0 bridgehead atoms. The largest absolute Gasteiger partial charge is 0.489 e. The molecule has 176 valence electrons. The van der Waals surface area contributed by atoms with Crippen LogP contribution in [0.4, 0.5) is 5.69 Å². The fraction of sp³-hybridized carbons (Fsp3) is 0.185.